The van der Waals surface area contributed by atoms with Crippen molar-refractivity contribution in [1.82, 2.24) is 10.2 Å². The van der Waals surface area contributed by atoms with Crippen LogP contribution in [-0.4, -0.2) is 17.3 Å². The molecule has 0 unspecified atom stereocenters. The second-order valence-corrected chi connectivity index (χ2v) is 3.80. The molecule has 14 heavy (non-hydrogen) atoms. The van der Waals surface area contributed by atoms with Gasteiger partial charge in [0.1, 0.15) is 11.3 Å². The van der Waals surface area contributed by atoms with Crippen LogP contribution in [0.15, 0.2) is 23.7 Å². The van der Waals surface area contributed by atoms with E-state index in [0.29, 0.717) is 10.8 Å². The van der Waals surface area contributed by atoms with E-state index >= 15 is 0 Å². The van der Waals surface area contributed by atoms with Crippen molar-refractivity contribution >= 4 is 22.9 Å². The summed E-state index contributed by atoms with van der Waals surface area (Å²) in [5.41, 5.74) is 2.55. The molecule has 3 nitrogen and oxygen atoms in total. The molecule has 0 N–H and O–H groups in total. The average molecular weight is 227 g/mol. The van der Waals surface area contributed by atoms with Gasteiger partial charge in [0, 0.05) is 0 Å². The Hall–Kier alpha value is -1.13. The lowest BCUT2D eigenvalue weighted by Gasteiger charge is -2.06. The molecule has 1 aromatic heterocycles. The second-order valence-electron chi connectivity index (χ2n) is 2.56. The largest absolute Gasteiger partial charge is 0.494 e. The summed E-state index contributed by atoms with van der Waals surface area (Å²) in [6.45, 7) is 0. The van der Waals surface area contributed by atoms with E-state index in [4.69, 9.17) is 16.3 Å². The summed E-state index contributed by atoms with van der Waals surface area (Å²) in [6.07, 6.45) is 0. The summed E-state index contributed by atoms with van der Waals surface area (Å²) in [5.74, 6) is 0.644. The number of para-hydroxylation sites is 1. The molecule has 0 radical (unpaired) electrons. The van der Waals surface area contributed by atoms with E-state index in [-0.39, 0.29) is 0 Å². The fraction of sp³-hybridized carbons (Fsp3) is 0.111. The fourth-order valence-corrected chi connectivity index (χ4v) is 2.00. The van der Waals surface area contributed by atoms with E-state index in [1.165, 1.54) is 11.3 Å². The van der Waals surface area contributed by atoms with Crippen molar-refractivity contribution in [1.29, 1.82) is 0 Å². The lowest BCUT2D eigenvalue weighted by molar-refractivity contribution is 0.416. The minimum absolute atomic E-state index is 0.584. The summed E-state index contributed by atoms with van der Waals surface area (Å²) >= 11 is 7.43. The van der Waals surface area contributed by atoms with Crippen LogP contribution in [0, 0.1) is 0 Å². The highest BCUT2D eigenvalue weighted by Gasteiger charge is 2.11. The van der Waals surface area contributed by atoms with Crippen LogP contribution in [0.2, 0.25) is 5.02 Å². The Kier molecular flexibility index (Phi) is 2.65. The van der Waals surface area contributed by atoms with Crippen LogP contribution in [0.5, 0.6) is 5.75 Å². The van der Waals surface area contributed by atoms with Gasteiger partial charge in [-0.1, -0.05) is 29.0 Å². The standard InChI is InChI=1S/C9H7ClN2OS/c1-13-8-6(3-2-4-7(8)10)9-12-11-5-14-9/h2-5H,1H3. The quantitative estimate of drug-likeness (QED) is 0.790. The van der Waals surface area contributed by atoms with Crippen molar-refractivity contribution in [2.75, 3.05) is 7.11 Å². The molecule has 0 fully saturated rings. The van der Waals surface area contributed by atoms with Gasteiger partial charge in [0.25, 0.3) is 0 Å². The van der Waals surface area contributed by atoms with E-state index in [0.717, 1.165) is 10.6 Å². The van der Waals surface area contributed by atoms with E-state index in [1.807, 2.05) is 12.1 Å². The first-order valence-corrected chi connectivity index (χ1v) is 5.17. The number of rotatable bonds is 2. The first-order valence-electron chi connectivity index (χ1n) is 3.92. The molecule has 0 amide bonds. The number of aromatic nitrogens is 2. The number of nitrogens with zero attached hydrogens (tertiary/aromatic N) is 2. The molecule has 0 aliphatic carbocycles. The Bertz CT molecular complexity index is 430. The Morgan fingerprint density at radius 3 is 2.93 bits per heavy atom. The number of halogens is 1. The number of hydrogen-bond donors (Lipinski definition) is 0. The zero-order chi connectivity index (χ0) is 9.97. The van der Waals surface area contributed by atoms with Crippen molar-refractivity contribution in [3.05, 3.63) is 28.7 Å². The Labute approximate surface area is 90.3 Å². The Balaban J connectivity index is 2.58. The van der Waals surface area contributed by atoms with Crippen molar-refractivity contribution in [2.24, 2.45) is 0 Å². The summed E-state index contributed by atoms with van der Waals surface area (Å²) < 4.78 is 5.21. The summed E-state index contributed by atoms with van der Waals surface area (Å²) in [6, 6.07) is 5.55. The molecule has 1 heterocycles. The highest BCUT2D eigenvalue weighted by atomic mass is 35.5. The molecule has 2 aromatic rings. The number of ether oxygens (including phenoxy) is 1. The van der Waals surface area contributed by atoms with Gasteiger partial charge in [0.05, 0.1) is 17.7 Å². The van der Waals surface area contributed by atoms with Crippen LogP contribution in [0.3, 0.4) is 0 Å². The van der Waals surface area contributed by atoms with Gasteiger partial charge >= 0.3 is 0 Å². The molecule has 0 saturated heterocycles. The van der Waals surface area contributed by atoms with Crippen molar-refractivity contribution in [3.63, 3.8) is 0 Å². The third-order valence-electron chi connectivity index (χ3n) is 1.76. The average Bonchev–Trinajstić information content (AvgIpc) is 2.70. The fourth-order valence-electron chi connectivity index (χ4n) is 1.18. The van der Waals surface area contributed by atoms with Gasteiger partial charge in [-0.2, -0.15) is 0 Å². The van der Waals surface area contributed by atoms with Crippen LogP contribution in [0.25, 0.3) is 10.6 Å². The van der Waals surface area contributed by atoms with Gasteiger partial charge in [0.2, 0.25) is 0 Å². The van der Waals surface area contributed by atoms with Gasteiger partial charge in [-0.15, -0.1) is 10.2 Å². The molecule has 0 aliphatic heterocycles. The SMILES string of the molecule is COc1c(Cl)cccc1-c1nncs1. The maximum Gasteiger partial charge on any atom is 0.151 e. The zero-order valence-corrected chi connectivity index (χ0v) is 8.97. The van der Waals surface area contributed by atoms with E-state index in [9.17, 15) is 0 Å². The second kappa shape index (κ2) is 3.94. The molecule has 5 heteroatoms. The maximum atomic E-state index is 5.98. The number of hydrogen-bond acceptors (Lipinski definition) is 4. The lowest BCUT2D eigenvalue weighted by Crippen LogP contribution is -1.88. The van der Waals surface area contributed by atoms with Crippen molar-refractivity contribution in [3.8, 4) is 16.3 Å². The minimum atomic E-state index is 0.584. The minimum Gasteiger partial charge on any atom is -0.494 e. The highest BCUT2D eigenvalue weighted by Crippen LogP contribution is 2.36. The monoisotopic (exact) mass is 226 g/mol. The Morgan fingerprint density at radius 1 is 1.43 bits per heavy atom. The summed E-state index contributed by atoms with van der Waals surface area (Å²) in [7, 11) is 1.59. The van der Waals surface area contributed by atoms with Crippen molar-refractivity contribution in [2.45, 2.75) is 0 Å². The maximum absolute atomic E-state index is 5.98. The third-order valence-corrected chi connectivity index (χ3v) is 2.78. The third kappa shape index (κ3) is 1.58. The molecule has 2 rings (SSSR count). The summed E-state index contributed by atoms with van der Waals surface area (Å²) in [4.78, 5) is 0. The molecule has 72 valence electrons. The van der Waals surface area contributed by atoms with Gasteiger partial charge in [-0.25, -0.2) is 0 Å². The number of methoxy groups -OCH3 is 1. The first kappa shape index (κ1) is 9.43. The zero-order valence-electron chi connectivity index (χ0n) is 7.40. The van der Waals surface area contributed by atoms with Crippen LogP contribution >= 0.6 is 22.9 Å². The Morgan fingerprint density at radius 2 is 2.29 bits per heavy atom. The van der Waals surface area contributed by atoms with Crippen LogP contribution in [0.4, 0.5) is 0 Å². The highest BCUT2D eigenvalue weighted by molar-refractivity contribution is 7.12. The molecule has 0 saturated carbocycles. The molecule has 1 aromatic carbocycles. The lowest BCUT2D eigenvalue weighted by atomic mass is 10.2. The van der Waals surface area contributed by atoms with Gasteiger partial charge in [-0.3, -0.25) is 0 Å². The van der Waals surface area contributed by atoms with Crippen molar-refractivity contribution < 1.29 is 4.74 Å². The van der Waals surface area contributed by atoms with Gasteiger partial charge < -0.3 is 4.74 Å². The molecular formula is C9H7ClN2OS. The van der Waals surface area contributed by atoms with Crippen LogP contribution in [-0.2, 0) is 0 Å². The first-order chi connectivity index (χ1) is 6.83. The van der Waals surface area contributed by atoms with E-state index < -0.39 is 0 Å². The van der Waals surface area contributed by atoms with Crippen LogP contribution < -0.4 is 4.74 Å². The smallest absolute Gasteiger partial charge is 0.151 e. The van der Waals surface area contributed by atoms with Gasteiger partial charge in [-0.05, 0) is 12.1 Å². The topological polar surface area (TPSA) is 35.0 Å². The van der Waals surface area contributed by atoms with E-state index in [1.54, 1.807) is 18.7 Å². The predicted octanol–water partition coefficient (Wildman–Crippen LogP) is 2.87. The van der Waals surface area contributed by atoms with Crippen LogP contribution in [0.1, 0.15) is 0 Å². The van der Waals surface area contributed by atoms with E-state index in [2.05, 4.69) is 10.2 Å². The number of benzene rings is 1. The molecule has 0 spiro atoms. The predicted molar refractivity (Wildman–Crippen MR) is 56.9 cm³/mol. The normalized spacial score (nSPS) is 10.1. The molecule has 0 bridgehead atoms. The molecular weight excluding hydrogens is 220 g/mol. The molecule has 0 atom stereocenters. The summed E-state index contributed by atoms with van der Waals surface area (Å²) in [5, 5.41) is 9.13. The van der Waals surface area contributed by atoms with Gasteiger partial charge in [0.15, 0.2) is 5.01 Å². The molecule has 0 aliphatic rings.